The van der Waals surface area contributed by atoms with Crippen LogP contribution in [0.3, 0.4) is 0 Å². The number of anilines is 1. The normalized spacial score (nSPS) is 26.5. The number of piperidine rings is 3. The Kier molecular flexibility index (Phi) is 4.42. The maximum atomic E-state index is 12.3. The molecule has 1 atom stereocenters. The highest BCUT2D eigenvalue weighted by Gasteiger charge is 2.34. The van der Waals surface area contributed by atoms with E-state index >= 15 is 0 Å². The molecule has 0 saturated carbocycles. The van der Waals surface area contributed by atoms with Crippen molar-refractivity contribution in [3.05, 3.63) is 11.8 Å². The second-order valence-electron chi connectivity index (χ2n) is 5.97. The number of fused-ring (bicyclic) bond motifs is 3. The van der Waals surface area contributed by atoms with Crippen LogP contribution in [0.5, 0.6) is 5.88 Å². The molecule has 0 aromatic carbocycles. The highest BCUT2D eigenvalue weighted by molar-refractivity contribution is 5.79. The Morgan fingerprint density at radius 3 is 2.82 bits per heavy atom. The summed E-state index contributed by atoms with van der Waals surface area (Å²) in [4.78, 5) is 23.1. The highest BCUT2D eigenvalue weighted by atomic mass is 16.5. The minimum atomic E-state index is 0.0119. The number of methoxy groups -OCH3 is 1. The van der Waals surface area contributed by atoms with Crippen molar-refractivity contribution in [2.24, 2.45) is 5.92 Å². The average molecular weight is 305 g/mol. The van der Waals surface area contributed by atoms with E-state index in [2.05, 4.69) is 25.5 Å². The lowest BCUT2D eigenvalue weighted by Gasteiger charge is -2.44. The third-order valence-corrected chi connectivity index (χ3v) is 4.60. The third-order valence-electron chi connectivity index (χ3n) is 4.60. The van der Waals surface area contributed by atoms with Gasteiger partial charge in [-0.3, -0.25) is 4.79 Å². The number of hydrogen-bond acceptors (Lipinski definition) is 6. The van der Waals surface area contributed by atoms with Crippen molar-refractivity contribution in [2.45, 2.75) is 25.3 Å². The van der Waals surface area contributed by atoms with E-state index in [-0.39, 0.29) is 18.4 Å². The highest BCUT2D eigenvalue weighted by Crippen LogP contribution is 2.27. The zero-order valence-electron chi connectivity index (χ0n) is 13.1. The van der Waals surface area contributed by atoms with Crippen LogP contribution in [0.1, 0.15) is 18.4 Å². The third kappa shape index (κ3) is 3.14. The minimum Gasteiger partial charge on any atom is -0.481 e. The van der Waals surface area contributed by atoms with E-state index in [1.54, 1.807) is 20.4 Å². The SMILES string of the molecule is CNc1ncc(CC(=O)NC2CN3CCC2CC3)c(OC)n1. The van der Waals surface area contributed by atoms with Gasteiger partial charge in [-0.2, -0.15) is 4.98 Å². The summed E-state index contributed by atoms with van der Waals surface area (Å²) in [5, 5.41) is 6.03. The van der Waals surface area contributed by atoms with E-state index < -0.39 is 0 Å². The average Bonchev–Trinajstić information content (AvgIpc) is 2.56. The molecule has 4 rings (SSSR count). The molecule has 3 aliphatic heterocycles. The van der Waals surface area contributed by atoms with Crippen molar-refractivity contribution in [3.63, 3.8) is 0 Å². The fourth-order valence-corrected chi connectivity index (χ4v) is 3.37. The topological polar surface area (TPSA) is 79.4 Å². The lowest BCUT2D eigenvalue weighted by Crippen LogP contribution is -2.57. The number of rotatable bonds is 5. The molecule has 1 aromatic rings. The molecule has 2 N–H and O–H groups in total. The van der Waals surface area contributed by atoms with Crippen molar-refractivity contribution in [2.75, 3.05) is 39.1 Å². The van der Waals surface area contributed by atoms with Gasteiger partial charge in [-0.15, -0.1) is 0 Å². The molecular weight excluding hydrogens is 282 g/mol. The summed E-state index contributed by atoms with van der Waals surface area (Å²) in [5.41, 5.74) is 0.709. The fraction of sp³-hybridized carbons (Fsp3) is 0.667. The number of nitrogens with zero attached hydrogens (tertiary/aromatic N) is 3. The molecule has 1 unspecified atom stereocenters. The summed E-state index contributed by atoms with van der Waals surface area (Å²) in [7, 11) is 3.30. The standard InChI is InChI=1S/C15H23N5O2/c1-16-15-17-8-11(14(19-15)22-2)7-13(21)18-12-9-20-5-3-10(12)4-6-20/h8,10,12H,3-7,9H2,1-2H3,(H,18,21)(H,16,17,19). The van der Waals surface area contributed by atoms with Gasteiger partial charge in [0.1, 0.15) is 0 Å². The number of ether oxygens (including phenoxy) is 1. The molecule has 0 aliphatic carbocycles. The molecule has 0 spiro atoms. The summed E-state index contributed by atoms with van der Waals surface area (Å²) >= 11 is 0. The number of carbonyl (C=O) groups excluding carboxylic acids is 1. The molecule has 7 heteroatoms. The van der Waals surface area contributed by atoms with E-state index in [0.29, 0.717) is 23.3 Å². The summed E-state index contributed by atoms with van der Waals surface area (Å²) in [6, 6.07) is 0.276. The Bertz CT molecular complexity index is 543. The number of hydrogen-bond donors (Lipinski definition) is 2. The fourth-order valence-electron chi connectivity index (χ4n) is 3.37. The summed E-state index contributed by atoms with van der Waals surface area (Å²) in [5.74, 6) is 1.57. The Balaban J connectivity index is 1.62. The van der Waals surface area contributed by atoms with Crippen LogP contribution in [0.4, 0.5) is 5.95 Å². The number of nitrogens with one attached hydrogen (secondary N) is 2. The van der Waals surface area contributed by atoms with E-state index in [4.69, 9.17) is 4.74 Å². The molecular formula is C15H23N5O2. The molecule has 120 valence electrons. The van der Waals surface area contributed by atoms with Crippen molar-refractivity contribution < 1.29 is 9.53 Å². The molecule has 3 aliphatic rings. The van der Waals surface area contributed by atoms with Crippen LogP contribution in [-0.4, -0.2) is 60.6 Å². The molecule has 3 fully saturated rings. The van der Waals surface area contributed by atoms with Gasteiger partial charge in [0.25, 0.3) is 0 Å². The number of aromatic nitrogens is 2. The van der Waals surface area contributed by atoms with Gasteiger partial charge in [0.2, 0.25) is 17.7 Å². The lowest BCUT2D eigenvalue weighted by molar-refractivity contribution is -0.122. The predicted molar refractivity (Wildman–Crippen MR) is 82.9 cm³/mol. The molecule has 7 nitrogen and oxygen atoms in total. The van der Waals surface area contributed by atoms with Crippen LogP contribution in [0.15, 0.2) is 6.20 Å². The zero-order valence-corrected chi connectivity index (χ0v) is 13.1. The first-order valence-corrected chi connectivity index (χ1v) is 7.79. The maximum absolute atomic E-state index is 12.3. The van der Waals surface area contributed by atoms with Gasteiger partial charge in [-0.1, -0.05) is 0 Å². The van der Waals surface area contributed by atoms with E-state index in [9.17, 15) is 4.79 Å². The first-order chi connectivity index (χ1) is 10.7. The second-order valence-corrected chi connectivity index (χ2v) is 5.97. The van der Waals surface area contributed by atoms with Crippen LogP contribution in [-0.2, 0) is 11.2 Å². The van der Waals surface area contributed by atoms with E-state index in [1.807, 2.05) is 0 Å². The molecule has 0 radical (unpaired) electrons. The minimum absolute atomic E-state index is 0.0119. The summed E-state index contributed by atoms with van der Waals surface area (Å²) < 4.78 is 5.25. The smallest absolute Gasteiger partial charge is 0.225 e. The summed E-state index contributed by atoms with van der Waals surface area (Å²) in [6.07, 6.45) is 4.27. The van der Waals surface area contributed by atoms with Crippen molar-refractivity contribution >= 4 is 11.9 Å². The van der Waals surface area contributed by atoms with Crippen molar-refractivity contribution in [1.82, 2.24) is 20.2 Å². The number of amides is 1. The van der Waals surface area contributed by atoms with Gasteiger partial charge in [0.15, 0.2) is 0 Å². The number of carbonyl (C=O) groups is 1. The van der Waals surface area contributed by atoms with Crippen LogP contribution >= 0.6 is 0 Å². The van der Waals surface area contributed by atoms with Crippen LogP contribution in [0.2, 0.25) is 0 Å². The first kappa shape index (κ1) is 15.0. The molecule has 1 aromatic heterocycles. The quantitative estimate of drug-likeness (QED) is 0.813. The predicted octanol–water partition coefficient (Wildman–Crippen LogP) is 0.280. The zero-order chi connectivity index (χ0) is 15.5. The van der Waals surface area contributed by atoms with E-state index in [1.165, 1.54) is 25.9 Å². The van der Waals surface area contributed by atoms with Crippen molar-refractivity contribution in [3.8, 4) is 5.88 Å². The van der Waals surface area contributed by atoms with Gasteiger partial charge in [-0.25, -0.2) is 4.98 Å². The van der Waals surface area contributed by atoms with Crippen LogP contribution in [0.25, 0.3) is 0 Å². The first-order valence-electron chi connectivity index (χ1n) is 7.79. The van der Waals surface area contributed by atoms with Gasteiger partial charge < -0.3 is 20.3 Å². The Morgan fingerprint density at radius 1 is 1.45 bits per heavy atom. The van der Waals surface area contributed by atoms with Crippen molar-refractivity contribution in [1.29, 1.82) is 0 Å². The lowest BCUT2D eigenvalue weighted by atomic mass is 9.84. The molecule has 2 bridgehead atoms. The van der Waals surface area contributed by atoms with E-state index in [0.717, 1.165) is 6.54 Å². The second kappa shape index (κ2) is 6.48. The maximum Gasteiger partial charge on any atom is 0.225 e. The van der Waals surface area contributed by atoms with Crippen LogP contribution < -0.4 is 15.4 Å². The Morgan fingerprint density at radius 2 is 2.23 bits per heavy atom. The van der Waals surface area contributed by atoms with Gasteiger partial charge in [-0.05, 0) is 31.8 Å². The molecule has 4 heterocycles. The van der Waals surface area contributed by atoms with Gasteiger partial charge in [0.05, 0.1) is 13.5 Å². The Hall–Kier alpha value is -1.89. The molecule has 1 amide bonds. The monoisotopic (exact) mass is 305 g/mol. The Labute approximate surface area is 130 Å². The van der Waals surface area contributed by atoms with Crippen LogP contribution in [0, 0.1) is 5.92 Å². The van der Waals surface area contributed by atoms with Gasteiger partial charge >= 0.3 is 0 Å². The van der Waals surface area contributed by atoms with Gasteiger partial charge in [0, 0.05) is 31.4 Å². The molecule has 3 saturated heterocycles. The largest absolute Gasteiger partial charge is 0.481 e. The summed E-state index contributed by atoms with van der Waals surface area (Å²) in [6.45, 7) is 3.32. The molecule has 22 heavy (non-hydrogen) atoms.